The molecule has 3 heteroatoms. The van der Waals surface area contributed by atoms with E-state index in [1.807, 2.05) is 31.2 Å². The van der Waals surface area contributed by atoms with Crippen molar-refractivity contribution in [1.29, 1.82) is 0 Å². The quantitative estimate of drug-likeness (QED) is 0.755. The molecule has 0 saturated carbocycles. The Morgan fingerprint density at radius 2 is 2.00 bits per heavy atom. The van der Waals surface area contributed by atoms with E-state index in [0.29, 0.717) is 0 Å². The van der Waals surface area contributed by atoms with Gasteiger partial charge in [-0.1, -0.05) is 11.6 Å². The molecule has 66 valence electrons. The van der Waals surface area contributed by atoms with E-state index in [0.717, 1.165) is 17.3 Å². The molecule has 1 atom stereocenters. The summed E-state index contributed by atoms with van der Waals surface area (Å²) in [6.45, 7) is 2.74. The van der Waals surface area contributed by atoms with Gasteiger partial charge in [-0.25, -0.2) is 0 Å². The highest BCUT2D eigenvalue weighted by atomic mass is 35.5. The summed E-state index contributed by atoms with van der Waals surface area (Å²) in [6, 6.07) is 7.74. The molecule has 2 nitrogen and oxygen atoms in total. The van der Waals surface area contributed by atoms with E-state index in [-0.39, 0.29) is 6.04 Å². The molecule has 1 aromatic rings. The van der Waals surface area contributed by atoms with Crippen LogP contribution in [-0.4, -0.2) is 12.6 Å². The van der Waals surface area contributed by atoms with Gasteiger partial charge in [0.05, 0.1) is 0 Å². The predicted molar refractivity (Wildman–Crippen MR) is 53.6 cm³/mol. The molecule has 0 fully saturated rings. The van der Waals surface area contributed by atoms with Crippen molar-refractivity contribution < 1.29 is 0 Å². The van der Waals surface area contributed by atoms with E-state index in [9.17, 15) is 0 Å². The van der Waals surface area contributed by atoms with Gasteiger partial charge in [-0.15, -0.1) is 0 Å². The van der Waals surface area contributed by atoms with Crippen LogP contribution in [0.5, 0.6) is 0 Å². The van der Waals surface area contributed by atoms with Crippen LogP contribution in [0.25, 0.3) is 0 Å². The average molecular weight is 185 g/mol. The molecule has 0 unspecified atom stereocenters. The molecule has 0 aliphatic rings. The number of anilines is 1. The highest BCUT2D eigenvalue weighted by Crippen LogP contribution is 2.12. The van der Waals surface area contributed by atoms with Crippen molar-refractivity contribution >= 4 is 17.3 Å². The fourth-order valence-corrected chi connectivity index (χ4v) is 0.973. The van der Waals surface area contributed by atoms with Crippen LogP contribution in [0.3, 0.4) is 0 Å². The van der Waals surface area contributed by atoms with Crippen molar-refractivity contribution in [2.24, 2.45) is 5.73 Å². The summed E-state index contributed by atoms with van der Waals surface area (Å²) in [5.41, 5.74) is 6.63. The number of benzene rings is 1. The molecule has 1 aromatic carbocycles. The van der Waals surface area contributed by atoms with Crippen molar-refractivity contribution in [3.63, 3.8) is 0 Å². The lowest BCUT2D eigenvalue weighted by atomic mass is 10.3. The van der Waals surface area contributed by atoms with Gasteiger partial charge in [-0.05, 0) is 31.2 Å². The minimum Gasteiger partial charge on any atom is -0.383 e. The molecule has 0 bridgehead atoms. The third-order valence-electron chi connectivity index (χ3n) is 1.47. The summed E-state index contributed by atoms with van der Waals surface area (Å²) in [7, 11) is 0. The lowest BCUT2D eigenvalue weighted by Crippen LogP contribution is -2.25. The molecule has 0 aliphatic heterocycles. The van der Waals surface area contributed by atoms with Crippen LogP contribution < -0.4 is 11.1 Å². The zero-order chi connectivity index (χ0) is 8.97. The fraction of sp³-hybridized carbons (Fsp3) is 0.333. The molecule has 12 heavy (non-hydrogen) atoms. The monoisotopic (exact) mass is 184 g/mol. The van der Waals surface area contributed by atoms with Crippen LogP contribution in [0.1, 0.15) is 6.92 Å². The molecular weight excluding hydrogens is 172 g/mol. The van der Waals surface area contributed by atoms with Gasteiger partial charge in [0.1, 0.15) is 0 Å². The Kier molecular flexibility index (Phi) is 3.38. The topological polar surface area (TPSA) is 38.0 Å². The second-order valence-electron chi connectivity index (χ2n) is 2.87. The van der Waals surface area contributed by atoms with Gasteiger partial charge in [-0.3, -0.25) is 0 Å². The van der Waals surface area contributed by atoms with Crippen LogP contribution in [0.15, 0.2) is 24.3 Å². The second kappa shape index (κ2) is 4.33. The van der Waals surface area contributed by atoms with Gasteiger partial charge in [0.25, 0.3) is 0 Å². The Hall–Kier alpha value is -0.730. The minimum atomic E-state index is 0.167. The zero-order valence-electron chi connectivity index (χ0n) is 7.05. The molecule has 1 rings (SSSR count). The Morgan fingerprint density at radius 3 is 2.50 bits per heavy atom. The van der Waals surface area contributed by atoms with Gasteiger partial charge in [-0.2, -0.15) is 0 Å². The first-order valence-electron chi connectivity index (χ1n) is 3.93. The molecule has 0 aliphatic carbocycles. The maximum absolute atomic E-state index is 5.72. The number of rotatable bonds is 3. The number of halogens is 1. The van der Waals surface area contributed by atoms with Crippen molar-refractivity contribution in [2.45, 2.75) is 13.0 Å². The Morgan fingerprint density at radius 1 is 1.42 bits per heavy atom. The van der Waals surface area contributed by atoms with Crippen LogP contribution in [0.4, 0.5) is 5.69 Å². The first-order valence-corrected chi connectivity index (χ1v) is 4.31. The van der Waals surface area contributed by atoms with Crippen molar-refractivity contribution in [1.82, 2.24) is 0 Å². The molecule has 0 radical (unpaired) electrons. The lowest BCUT2D eigenvalue weighted by molar-refractivity contribution is 0.780. The Bertz CT molecular complexity index is 231. The van der Waals surface area contributed by atoms with Gasteiger partial charge in [0.2, 0.25) is 0 Å². The first kappa shape index (κ1) is 9.36. The summed E-state index contributed by atoms with van der Waals surface area (Å²) in [4.78, 5) is 0. The standard InChI is InChI=1S/C9H13ClN2/c1-7(11)6-12-9-4-2-8(10)3-5-9/h2-5,7,12H,6,11H2,1H3/t7-/m0/s1. The predicted octanol–water partition coefficient (Wildman–Crippen LogP) is 2.10. The van der Waals surface area contributed by atoms with E-state index in [4.69, 9.17) is 17.3 Å². The van der Waals surface area contributed by atoms with E-state index < -0.39 is 0 Å². The summed E-state index contributed by atoms with van der Waals surface area (Å²) in [5, 5.41) is 3.94. The third-order valence-corrected chi connectivity index (χ3v) is 1.72. The van der Waals surface area contributed by atoms with Gasteiger partial charge in [0, 0.05) is 23.3 Å². The summed E-state index contributed by atoms with van der Waals surface area (Å²) >= 11 is 5.72. The second-order valence-corrected chi connectivity index (χ2v) is 3.30. The molecule has 0 saturated heterocycles. The molecular formula is C9H13ClN2. The molecule has 3 N–H and O–H groups in total. The first-order chi connectivity index (χ1) is 5.68. The Balaban J connectivity index is 2.48. The van der Waals surface area contributed by atoms with E-state index in [2.05, 4.69) is 5.32 Å². The summed E-state index contributed by atoms with van der Waals surface area (Å²) in [5.74, 6) is 0. The SMILES string of the molecule is C[C@H](N)CNc1ccc(Cl)cc1. The van der Waals surface area contributed by atoms with E-state index in [1.54, 1.807) is 0 Å². The average Bonchev–Trinajstić information content (AvgIpc) is 2.03. The van der Waals surface area contributed by atoms with Crippen molar-refractivity contribution in [2.75, 3.05) is 11.9 Å². The summed E-state index contributed by atoms with van der Waals surface area (Å²) in [6.07, 6.45) is 0. The lowest BCUT2D eigenvalue weighted by Gasteiger charge is -2.08. The highest BCUT2D eigenvalue weighted by molar-refractivity contribution is 6.30. The fourth-order valence-electron chi connectivity index (χ4n) is 0.847. The van der Waals surface area contributed by atoms with Gasteiger partial charge in [0.15, 0.2) is 0 Å². The van der Waals surface area contributed by atoms with E-state index in [1.165, 1.54) is 0 Å². The smallest absolute Gasteiger partial charge is 0.0407 e. The number of nitrogens with two attached hydrogens (primary N) is 1. The van der Waals surface area contributed by atoms with Crippen molar-refractivity contribution in [3.8, 4) is 0 Å². The molecule has 0 amide bonds. The maximum Gasteiger partial charge on any atom is 0.0407 e. The van der Waals surface area contributed by atoms with E-state index >= 15 is 0 Å². The molecule has 0 heterocycles. The van der Waals surface area contributed by atoms with Crippen LogP contribution >= 0.6 is 11.6 Å². The molecule has 0 spiro atoms. The van der Waals surface area contributed by atoms with Crippen LogP contribution in [0.2, 0.25) is 5.02 Å². The minimum absolute atomic E-state index is 0.167. The third kappa shape index (κ3) is 3.11. The number of nitrogens with one attached hydrogen (secondary N) is 1. The normalized spacial score (nSPS) is 12.6. The maximum atomic E-state index is 5.72. The van der Waals surface area contributed by atoms with Gasteiger partial charge < -0.3 is 11.1 Å². The number of hydrogen-bond acceptors (Lipinski definition) is 2. The zero-order valence-corrected chi connectivity index (χ0v) is 7.81. The summed E-state index contributed by atoms with van der Waals surface area (Å²) < 4.78 is 0. The van der Waals surface area contributed by atoms with Crippen LogP contribution in [-0.2, 0) is 0 Å². The number of hydrogen-bond donors (Lipinski definition) is 2. The van der Waals surface area contributed by atoms with Crippen LogP contribution in [0, 0.1) is 0 Å². The largest absolute Gasteiger partial charge is 0.383 e. The van der Waals surface area contributed by atoms with Gasteiger partial charge >= 0.3 is 0 Å². The Labute approximate surface area is 77.7 Å². The molecule has 0 aromatic heterocycles. The van der Waals surface area contributed by atoms with Crippen molar-refractivity contribution in [3.05, 3.63) is 29.3 Å². The highest BCUT2D eigenvalue weighted by Gasteiger charge is 1.94.